The van der Waals surface area contributed by atoms with Gasteiger partial charge >= 0.3 is 11.9 Å². The summed E-state index contributed by atoms with van der Waals surface area (Å²) < 4.78 is 66.8. The predicted molar refractivity (Wildman–Crippen MR) is 204 cm³/mol. The molecular weight excluding hydrogens is 803 g/mol. The molecule has 1 aromatic heterocycles. The number of aliphatic carboxylic acids is 1. The molecular formula is C39H44F2N4O13S. The molecule has 59 heavy (non-hydrogen) atoms. The SMILES string of the molecule is [3H]C1CC(=O)N([C@@H](CN)C(=O)NC[C@H](C)OC(=O)CCC(=O)c2cc3c(F)c(OCCCOc4c(OC)cc5c(c4F)CN(C(=O)CCC(=O)O)C5)c(OC)cc3s2)C1=O. The number of benzene rings is 2. The number of carbonyl (C=O) groups is 7. The van der Waals surface area contributed by atoms with E-state index in [2.05, 4.69) is 5.32 Å². The number of nitrogens with one attached hydrogen (secondary N) is 1. The van der Waals surface area contributed by atoms with E-state index in [-0.39, 0.29) is 117 Å². The highest BCUT2D eigenvalue weighted by atomic mass is 32.1. The smallest absolute Gasteiger partial charge is 0.306 e. The van der Waals surface area contributed by atoms with Gasteiger partial charge in [-0.1, -0.05) is 0 Å². The molecule has 2 aliphatic rings. The van der Waals surface area contributed by atoms with Crippen LogP contribution in [0.3, 0.4) is 0 Å². The van der Waals surface area contributed by atoms with E-state index in [1.165, 1.54) is 38.2 Å². The van der Waals surface area contributed by atoms with Crippen LogP contribution in [0.25, 0.3) is 10.1 Å². The minimum Gasteiger partial charge on any atom is -0.493 e. The minimum absolute atomic E-state index is 0.0530. The molecule has 3 aromatic rings. The number of methoxy groups -OCH3 is 2. The quantitative estimate of drug-likeness (QED) is 0.0605. The van der Waals surface area contributed by atoms with E-state index in [1.807, 2.05) is 0 Å². The number of hydrogen-bond donors (Lipinski definition) is 3. The number of thiophene rings is 1. The number of fused-ring (bicyclic) bond motifs is 2. The Labute approximate surface area is 342 Å². The second-order valence-electron chi connectivity index (χ2n) is 13.5. The first-order valence-electron chi connectivity index (χ1n) is 19.1. The fourth-order valence-corrected chi connectivity index (χ4v) is 7.46. The molecule has 4 N–H and O–H groups in total. The van der Waals surface area contributed by atoms with Crippen molar-refractivity contribution in [3.05, 3.63) is 45.8 Å². The number of nitrogens with two attached hydrogens (primary N) is 1. The number of ether oxygens (including phenoxy) is 5. The van der Waals surface area contributed by atoms with Crippen LogP contribution >= 0.6 is 11.3 Å². The molecule has 20 heteroatoms. The maximum absolute atomic E-state index is 15.8. The van der Waals surface area contributed by atoms with Crippen molar-refractivity contribution in [3.8, 4) is 23.0 Å². The number of imide groups is 1. The van der Waals surface area contributed by atoms with E-state index in [0.717, 1.165) is 11.3 Å². The Kier molecular flexibility index (Phi) is 14.3. The molecule has 0 bridgehead atoms. The fourth-order valence-electron chi connectivity index (χ4n) is 6.40. The van der Waals surface area contributed by atoms with E-state index in [1.54, 1.807) is 6.07 Å². The van der Waals surface area contributed by atoms with Crippen molar-refractivity contribution in [2.24, 2.45) is 5.73 Å². The molecule has 0 saturated carbocycles. The van der Waals surface area contributed by atoms with Gasteiger partial charge in [-0.05, 0) is 24.6 Å². The van der Waals surface area contributed by atoms with E-state index < -0.39 is 71.5 Å². The van der Waals surface area contributed by atoms with E-state index in [4.69, 9.17) is 35.9 Å². The lowest BCUT2D eigenvalue weighted by Crippen LogP contribution is -2.54. The number of carboxylic acid groups (broad SMARTS) is 1. The van der Waals surface area contributed by atoms with Gasteiger partial charge in [0.2, 0.25) is 23.6 Å². The topological polar surface area (TPSA) is 230 Å². The summed E-state index contributed by atoms with van der Waals surface area (Å²) in [4.78, 5) is 88.0. The molecule has 5 rings (SSSR count). The van der Waals surface area contributed by atoms with Crippen LogP contribution in [0.15, 0.2) is 18.2 Å². The summed E-state index contributed by atoms with van der Waals surface area (Å²) in [6, 6.07) is 3.09. The summed E-state index contributed by atoms with van der Waals surface area (Å²) in [5, 5.41) is 11.4. The monoisotopic (exact) mass is 848 g/mol. The summed E-state index contributed by atoms with van der Waals surface area (Å²) >= 11 is 0.987. The van der Waals surface area contributed by atoms with Crippen molar-refractivity contribution in [2.45, 2.75) is 77.1 Å². The van der Waals surface area contributed by atoms with E-state index in [0.29, 0.717) is 15.2 Å². The van der Waals surface area contributed by atoms with Gasteiger partial charge in [-0.25, -0.2) is 8.78 Å². The van der Waals surface area contributed by atoms with Gasteiger partial charge in [0.1, 0.15) is 12.1 Å². The van der Waals surface area contributed by atoms with Crippen molar-refractivity contribution in [2.75, 3.05) is 40.5 Å². The summed E-state index contributed by atoms with van der Waals surface area (Å²) in [7, 11) is 2.65. The van der Waals surface area contributed by atoms with Crippen molar-refractivity contribution in [1.82, 2.24) is 15.1 Å². The van der Waals surface area contributed by atoms with Crippen LogP contribution in [0.5, 0.6) is 23.0 Å². The predicted octanol–water partition coefficient (Wildman–Crippen LogP) is 3.24. The van der Waals surface area contributed by atoms with Crippen LogP contribution in [0, 0.1) is 11.6 Å². The largest absolute Gasteiger partial charge is 0.493 e. The number of Topliss-reactive ketones (excluding diaryl/α,β-unsaturated/α-hetero) is 1. The average Bonchev–Trinajstić information content (AvgIpc) is 3.92. The van der Waals surface area contributed by atoms with Gasteiger partial charge in [0.25, 0.3) is 0 Å². The lowest BCUT2D eigenvalue weighted by molar-refractivity contribution is -0.149. The number of carboxylic acids is 1. The summed E-state index contributed by atoms with van der Waals surface area (Å²) in [5.74, 6) is -6.76. The first-order valence-corrected chi connectivity index (χ1v) is 19.3. The maximum Gasteiger partial charge on any atom is 0.306 e. The van der Waals surface area contributed by atoms with Crippen LogP contribution in [0.4, 0.5) is 8.78 Å². The van der Waals surface area contributed by atoms with Gasteiger partial charge in [-0.3, -0.25) is 38.5 Å². The fraction of sp³-hybridized carbons (Fsp3) is 0.462. The molecule has 3 heterocycles. The third-order valence-electron chi connectivity index (χ3n) is 9.42. The Bertz CT molecular complexity index is 2190. The van der Waals surface area contributed by atoms with Gasteiger partial charge in [0.05, 0.1) is 51.7 Å². The maximum atomic E-state index is 15.8. The van der Waals surface area contributed by atoms with Gasteiger partial charge in [0, 0.05) is 74.8 Å². The lowest BCUT2D eigenvalue weighted by atomic mass is 10.1. The van der Waals surface area contributed by atoms with Crippen molar-refractivity contribution in [3.63, 3.8) is 0 Å². The number of amides is 4. The van der Waals surface area contributed by atoms with Crippen LogP contribution in [-0.4, -0.2) is 109 Å². The number of likely N-dealkylation sites (tertiary alicyclic amines) is 1. The minimum atomic E-state index is -1.32. The van der Waals surface area contributed by atoms with Crippen LogP contribution in [-0.2, 0) is 46.6 Å². The van der Waals surface area contributed by atoms with Gasteiger partial charge in [-0.15, -0.1) is 11.3 Å². The number of hydrogen-bond acceptors (Lipinski definition) is 14. The molecule has 2 aliphatic heterocycles. The van der Waals surface area contributed by atoms with Crippen molar-refractivity contribution in [1.29, 1.82) is 0 Å². The number of nitrogens with zero attached hydrogens (tertiary/aromatic N) is 2. The van der Waals surface area contributed by atoms with Crippen molar-refractivity contribution >= 4 is 62.8 Å². The molecule has 4 amide bonds. The number of ketones is 1. The van der Waals surface area contributed by atoms with E-state index in [9.17, 15) is 33.6 Å². The Morgan fingerprint density at radius 1 is 0.949 bits per heavy atom. The highest BCUT2D eigenvalue weighted by Gasteiger charge is 2.38. The molecule has 0 spiro atoms. The zero-order valence-corrected chi connectivity index (χ0v) is 33.2. The number of halogens is 2. The van der Waals surface area contributed by atoms with E-state index >= 15 is 8.78 Å². The van der Waals surface area contributed by atoms with Crippen LogP contribution < -0.4 is 30.0 Å². The molecule has 2 aromatic carbocycles. The Hall–Kier alpha value is -5.89. The zero-order chi connectivity index (χ0) is 43.8. The van der Waals surface area contributed by atoms with Crippen molar-refractivity contribution < 1.29 is 72.5 Å². The Morgan fingerprint density at radius 3 is 2.25 bits per heavy atom. The highest BCUT2D eigenvalue weighted by Crippen LogP contribution is 2.41. The second kappa shape index (κ2) is 19.7. The normalized spacial score (nSPS) is 16.0. The van der Waals surface area contributed by atoms with Crippen LogP contribution in [0.1, 0.15) is 74.0 Å². The first kappa shape index (κ1) is 42.7. The summed E-state index contributed by atoms with van der Waals surface area (Å²) in [6.45, 7) is 0.811. The number of carbonyl (C=O) groups excluding carboxylic acids is 6. The highest BCUT2D eigenvalue weighted by molar-refractivity contribution is 7.20. The third kappa shape index (κ3) is 10.4. The first-order chi connectivity index (χ1) is 28.6. The molecule has 1 saturated heterocycles. The molecule has 17 nitrogen and oxygen atoms in total. The summed E-state index contributed by atoms with van der Waals surface area (Å²) in [5.41, 5.74) is 6.36. The van der Waals surface area contributed by atoms with Crippen LogP contribution in [0.2, 0.25) is 0 Å². The standard InChI is InChI=1S/C39H44F2N4O13S/c1-20(17-43-39(53)24(16-42)45-31(48)6-7-32(45)49)58-34(52)10-5-25(46)29-14-22-28(59-29)15-27(55-3)38(35(22)40)57-12-4-11-56-37-26(54-2)13-21-18-44(19-23(21)36(37)41)30(47)8-9-33(50)51/h13-15,20,24H,4-12,16-19,42H2,1-3H3,(H,43,53)(H,50,51)/t20-,24-/m0/s1/i6T/t6?,20-,24-. The number of esters is 1. The molecule has 0 radical (unpaired) electrons. The molecule has 1 unspecified atom stereocenters. The van der Waals surface area contributed by atoms with Gasteiger partial charge in [0.15, 0.2) is 40.4 Å². The van der Waals surface area contributed by atoms with Gasteiger partial charge < -0.3 is 44.7 Å². The van der Waals surface area contributed by atoms with Gasteiger partial charge in [-0.2, -0.15) is 0 Å². The average molecular weight is 849 g/mol. The molecule has 318 valence electrons. The molecule has 3 atom stereocenters. The molecule has 1 fully saturated rings. The third-order valence-corrected chi connectivity index (χ3v) is 10.5. The number of rotatable bonds is 21. The summed E-state index contributed by atoms with van der Waals surface area (Å²) in [6.07, 6.45) is -3.49. The molecule has 0 aliphatic carbocycles. The lowest BCUT2D eigenvalue weighted by Gasteiger charge is -2.24. The Morgan fingerprint density at radius 2 is 1.63 bits per heavy atom. The second-order valence-corrected chi connectivity index (χ2v) is 14.6. The Balaban J connectivity index is 1.11. The zero-order valence-electron chi connectivity index (χ0n) is 33.4.